The van der Waals surface area contributed by atoms with Crippen LogP contribution in [0.1, 0.15) is 9.67 Å². The van der Waals surface area contributed by atoms with Crippen molar-refractivity contribution >= 4 is 55.5 Å². The number of hydrogen-bond donors (Lipinski definition) is 2. The number of benzene rings is 1. The molecule has 0 saturated heterocycles. The lowest BCUT2D eigenvalue weighted by Crippen LogP contribution is -2.24. The first-order chi connectivity index (χ1) is 9.74. The summed E-state index contributed by atoms with van der Waals surface area (Å²) in [4.78, 5) is 17.2. The highest BCUT2D eigenvalue weighted by molar-refractivity contribution is 7.21. The fourth-order valence-corrected chi connectivity index (χ4v) is 3.81. The number of anilines is 1. The van der Waals surface area contributed by atoms with E-state index in [2.05, 4.69) is 15.6 Å². The standard InChI is InChI=1S/C14H10ClN3OS/c15-10-4-1-7-8(18-10)2-3-9-11(7)12-13(20-9)14(19)17-6-5-16-12/h1-4,16H,5-6H2,(H,17,19). The van der Waals surface area contributed by atoms with Crippen LogP contribution in [0.4, 0.5) is 5.69 Å². The van der Waals surface area contributed by atoms with Crippen LogP contribution in [0.2, 0.25) is 5.15 Å². The number of carbonyl (C=O) groups excluding carboxylic acids is 1. The molecule has 0 spiro atoms. The van der Waals surface area contributed by atoms with Gasteiger partial charge in [-0.25, -0.2) is 4.98 Å². The Kier molecular flexibility index (Phi) is 2.58. The Morgan fingerprint density at radius 2 is 2.00 bits per heavy atom. The van der Waals surface area contributed by atoms with E-state index < -0.39 is 0 Å². The summed E-state index contributed by atoms with van der Waals surface area (Å²) in [6.07, 6.45) is 0. The molecule has 0 radical (unpaired) electrons. The van der Waals surface area contributed by atoms with Gasteiger partial charge in [0.25, 0.3) is 5.91 Å². The summed E-state index contributed by atoms with van der Waals surface area (Å²) in [5.74, 6) is -0.0127. The van der Waals surface area contributed by atoms with Crippen molar-refractivity contribution in [3.8, 4) is 0 Å². The Labute approximate surface area is 123 Å². The van der Waals surface area contributed by atoms with Gasteiger partial charge in [0.15, 0.2) is 0 Å². The van der Waals surface area contributed by atoms with Gasteiger partial charge in [-0.15, -0.1) is 11.3 Å². The Morgan fingerprint density at radius 3 is 2.90 bits per heavy atom. The summed E-state index contributed by atoms with van der Waals surface area (Å²) in [6.45, 7) is 1.36. The van der Waals surface area contributed by atoms with Crippen LogP contribution in [0.3, 0.4) is 0 Å². The maximum Gasteiger partial charge on any atom is 0.263 e. The van der Waals surface area contributed by atoms with Gasteiger partial charge in [-0.05, 0) is 24.3 Å². The van der Waals surface area contributed by atoms with E-state index in [1.807, 2.05) is 18.2 Å². The summed E-state index contributed by atoms with van der Waals surface area (Å²) >= 11 is 7.45. The number of pyridine rings is 1. The molecule has 1 amide bonds. The van der Waals surface area contributed by atoms with E-state index in [9.17, 15) is 4.79 Å². The molecule has 1 aliphatic rings. The number of halogens is 1. The van der Waals surface area contributed by atoms with Crippen molar-refractivity contribution in [1.29, 1.82) is 0 Å². The quantitative estimate of drug-likeness (QED) is 0.627. The number of fused-ring (bicyclic) bond motifs is 5. The molecule has 0 fully saturated rings. The van der Waals surface area contributed by atoms with E-state index >= 15 is 0 Å². The van der Waals surface area contributed by atoms with Crippen LogP contribution < -0.4 is 10.6 Å². The molecule has 1 aromatic carbocycles. The number of carbonyl (C=O) groups is 1. The lowest BCUT2D eigenvalue weighted by molar-refractivity contribution is 0.0962. The third kappa shape index (κ3) is 1.67. The Balaban J connectivity index is 2.13. The van der Waals surface area contributed by atoms with Crippen molar-refractivity contribution in [3.63, 3.8) is 0 Å². The van der Waals surface area contributed by atoms with Gasteiger partial charge < -0.3 is 10.6 Å². The van der Waals surface area contributed by atoms with Crippen molar-refractivity contribution in [2.75, 3.05) is 18.4 Å². The second-order valence-corrected chi connectivity index (χ2v) is 6.07. The van der Waals surface area contributed by atoms with Crippen LogP contribution in [-0.2, 0) is 0 Å². The van der Waals surface area contributed by atoms with E-state index in [1.54, 1.807) is 6.07 Å². The van der Waals surface area contributed by atoms with Gasteiger partial charge in [0.2, 0.25) is 0 Å². The molecule has 0 atom stereocenters. The molecule has 3 aromatic rings. The molecule has 4 nitrogen and oxygen atoms in total. The highest BCUT2D eigenvalue weighted by Crippen LogP contribution is 2.40. The first-order valence-corrected chi connectivity index (χ1v) is 7.47. The Morgan fingerprint density at radius 1 is 1.15 bits per heavy atom. The first kappa shape index (κ1) is 11.9. The van der Waals surface area contributed by atoms with E-state index in [1.165, 1.54) is 11.3 Å². The number of nitrogens with one attached hydrogen (secondary N) is 2. The second-order valence-electron chi connectivity index (χ2n) is 4.63. The number of thiophene rings is 1. The van der Waals surface area contributed by atoms with Crippen molar-refractivity contribution < 1.29 is 4.79 Å². The molecule has 0 saturated carbocycles. The SMILES string of the molecule is O=C1NCCNc2c1sc1ccc3nc(Cl)ccc3c21. The molecule has 2 aromatic heterocycles. The van der Waals surface area contributed by atoms with Gasteiger partial charge in [0.1, 0.15) is 10.0 Å². The Bertz CT molecular complexity index is 858. The van der Waals surface area contributed by atoms with Crippen LogP contribution >= 0.6 is 22.9 Å². The minimum atomic E-state index is -0.0127. The molecule has 4 rings (SSSR count). The van der Waals surface area contributed by atoms with E-state index in [0.29, 0.717) is 11.7 Å². The van der Waals surface area contributed by atoms with Gasteiger partial charge in [-0.2, -0.15) is 0 Å². The third-order valence-electron chi connectivity index (χ3n) is 3.41. The third-order valence-corrected chi connectivity index (χ3v) is 4.77. The number of aromatic nitrogens is 1. The first-order valence-electron chi connectivity index (χ1n) is 6.28. The summed E-state index contributed by atoms with van der Waals surface area (Å²) in [6, 6.07) is 7.68. The van der Waals surface area contributed by atoms with E-state index in [4.69, 9.17) is 11.6 Å². The molecule has 3 heterocycles. The number of rotatable bonds is 0. The van der Waals surface area contributed by atoms with Gasteiger partial charge in [-0.3, -0.25) is 4.79 Å². The van der Waals surface area contributed by atoms with Gasteiger partial charge >= 0.3 is 0 Å². The lowest BCUT2D eigenvalue weighted by Gasteiger charge is -2.05. The average Bonchev–Trinajstić information content (AvgIpc) is 2.73. The molecular weight excluding hydrogens is 294 g/mol. The van der Waals surface area contributed by atoms with E-state index in [-0.39, 0.29) is 5.91 Å². The maximum absolute atomic E-state index is 12.1. The van der Waals surface area contributed by atoms with Crippen molar-refractivity contribution in [2.45, 2.75) is 0 Å². The maximum atomic E-state index is 12.1. The minimum Gasteiger partial charge on any atom is -0.381 e. The fraction of sp³-hybridized carbons (Fsp3) is 0.143. The molecule has 0 unspecified atom stereocenters. The smallest absolute Gasteiger partial charge is 0.263 e. The molecule has 0 aliphatic carbocycles. The van der Waals surface area contributed by atoms with Crippen LogP contribution in [0, 0.1) is 0 Å². The molecule has 2 N–H and O–H groups in total. The zero-order valence-corrected chi connectivity index (χ0v) is 11.9. The molecule has 6 heteroatoms. The highest BCUT2D eigenvalue weighted by atomic mass is 35.5. The van der Waals surface area contributed by atoms with Crippen LogP contribution in [0.25, 0.3) is 21.0 Å². The van der Waals surface area contributed by atoms with Gasteiger partial charge in [0.05, 0.1) is 11.2 Å². The van der Waals surface area contributed by atoms with Crippen LogP contribution in [0.5, 0.6) is 0 Å². The molecule has 0 bridgehead atoms. The zero-order chi connectivity index (χ0) is 13.7. The Hall–Kier alpha value is -1.85. The molecule has 100 valence electrons. The monoisotopic (exact) mass is 303 g/mol. The van der Waals surface area contributed by atoms with Gasteiger partial charge in [0, 0.05) is 28.6 Å². The van der Waals surface area contributed by atoms with Crippen molar-refractivity contribution in [3.05, 3.63) is 34.3 Å². The summed E-state index contributed by atoms with van der Waals surface area (Å²) < 4.78 is 1.08. The molecule has 1 aliphatic heterocycles. The predicted octanol–water partition coefficient (Wildman–Crippen LogP) is 3.26. The lowest BCUT2D eigenvalue weighted by atomic mass is 10.1. The molecular formula is C14H10ClN3OS. The summed E-state index contributed by atoms with van der Waals surface area (Å²) in [5, 5.41) is 8.80. The normalized spacial score (nSPS) is 14.8. The second kappa shape index (κ2) is 4.33. The summed E-state index contributed by atoms with van der Waals surface area (Å²) in [5.41, 5.74) is 1.76. The summed E-state index contributed by atoms with van der Waals surface area (Å²) in [7, 11) is 0. The van der Waals surface area contributed by atoms with Gasteiger partial charge in [-0.1, -0.05) is 11.6 Å². The topological polar surface area (TPSA) is 54.0 Å². The number of hydrogen-bond acceptors (Lipinski definition) is 4. The zero-order valence-electron chi connectivity index (χ0n) is 10.4. The van der Waals surface area contributed by atoms with Crippen molar-refractivity contribution in [2.24, 2.45) is 0 Å². The fourth-order valence-electron chi connectivity index (χ4n) is 2.55. The highest BCUT2D eigenvalue weighted by Gasteiger charge is 2.22. The van der Waals surface area contributed by atoms with Crippen LogP contribution in [0.15, 0.2) is 24.3 Å². The average molecular weight is 304 g/mol. The van der Waals surface area contributed by atoms with Crippen LogP contribution in [-0.4, -0.2) is 24.0 Å². The molecule has 20 heavy (non-hydrogen) atoms. The predicted molar refractivity (Wildman–Crippen MR) is 83.0 cm³/mol. The largest absolute Gasteiger partial charge is 0.381 e. The van der Waals surface area contributed by atoms with Crippen molar-refractivity contribution in [1.82, 2.24) is 10.3 Å². The van der Waals surface area contributed by atoms with E-state index in [0.717, 1.165) is 38.1 Å². The number of amides is 1. The minimum absolute atomic E-state index is 0.0127. The number of nitrogens with zero attached hydrogens (tertiary/aromatic N) is 1.